The number of rotatable bonds is 7. The van der Waals surface area contributed by atoms with E-state index in [1.54, 1.807) is 13.0 Å². The van der Waals surface area contributed by atoms with E-state index in [1.807, 2.05) is 24.9 Å². The minimum atomic E-state index is -0.929. The van der Waals surface area contributed by atoms with Crippen molar-refractivity contribution >= 4 is 11.9 Å². The molecular weight excluding hydrogens is 368 g/mol. The number of likely N-dealkylation sites (N-methyl/N-ethyl adjacent to an activating group) is 1. The van der Waals surface area contributed by atoms with Crippen molar-refractivity contribution in [3.8, 4) is 5.75 Å². The second-order valence-electron chi connectivity index (χ2n) is 8.89. The molecule has 0 saturated heterocycles. The van der Waals surface area contributed by atoms with Gasteiger partial charge in [0, 0.05) is 18.7 Å². The predicted molar refractivity (Wildman–Crippen MR) is 112 cm³/mol. The standard InChI is InChI=1S/C23H34N2O4/c1-14-11-19(23(27)28)15(2)20(12-14)29-13-16-7-9-17(10-8-16)21(24)22(26)25(3)18-5-4-6-18/h11-12,16-18,21H,4-10,13,24H2,1-3H3,(H,27,28)/t16?,17?,21-/m0/s1. The molecule has 1 aromatic carbocycles. The lowest BCUT2D eigenvalue weighted by atomic mass is 9.78. The Labute approximate surface area is 173 Å². The zero-order valence-electron chi connectivity index (χ0n) is 17.8. The summed E-state index contributed by atoms with van der Waals surface area (Å²) in [6.45, 7) is 4.24. The number of carbonyl (C=O) groups is 2. The van der Waals surface area contributed by atoms with E-state index in [4.69, 9.17) is 10.5 Å². The van der Waals surface area contributed by atoms with E-state index in [0.717, 1.165) is 44.1 Å². The number of carbonyl (C=O) groups excluding carboxylic acids is 1. The van der Waals surface area contributed by atoms with Crippen molar-refractivity contribution in [1.82, 2.24) is 4.90 Å². The smallest absolute Gasteiger partial charge is 0.336 e. The van der Waals surface area contributed by atoms with Crippen LogP contribution in [0.3, 0.4) is 0 Å². The van der Waals surface area contributed by atoms with Crippen LogP contribution in [-0.4, -0.2) is 47.6 Å². The number of carboxylic acid groups (broad SMARTS) is 1. The number of nitrogens with two attached hydrogens (primary N) is 1. The van der Waals surface area contributed by atoms with Gasteiger partial charge in [-0.2, -0.15) is 0 Å². The van der Waals surface area contributed by atoms with Crippen LogP contribution < -0.4 is 10.5 Å². The SMILES string of the molecule is Cc1cc(OCC2CCC([C@H](N)C(=O)N(C)C3CCC3)CC2)c(C)c(C(=O)O)c1. The van der Waals surface area contributed by atoms with E-state index in [2.05, 4.69) is 0 Å². The highest BCUT2D eigenvalue weighted by molar-refractivity contribution is 5.90. The maximum absolute atomic E-state index is 12.7. The fourth-order valence-electron chi connectivity index (χ4n) is 4.51. The molecule has 0 spiro atoms. The molecular formula is C23H34N2O4. The number of aryl methyl sites for hydroxylation is 1. The van der Waals surface area contributed by atoms with Gasteiger partial charge in [-0.15, -0.1) is 0 Å². The van der Waals surface area contributed by atoms with Crippen LogP contribution in [0, 0.1) is 25.7 Å². The Balaban J connectivity index is 1.50. The van der Waals surface area contributed by atoms with E-state index < -0.39 is 12.0 Å². The first-order valence-corrected chi connectivity index (χ1v) is 10.8. The summed E-state index contributed by atoms with van der Waals surface area (Å²) in [4.78, 5) is 25.9. The molecule has 1 amide bonds. The van der Waals surface area contributed by atoms with Crippen LogP contribution in [-0.2, 0) is 4.79 Å². The summed E-state index contributed by atoms with van der Waals surface area (Å²) in [7, 11) is 1.89. The van der Waals surface area contributed by atoms with Gasteiger partial charge >= 0.3 is 5.97 Å². The maximum atomic E-state index is 12.7. The monoisotopic (exact) mass is 402 g/mol. The van der Waals surface area contributed by atoms with Gasteiger partial charge in [-0.3, -0.25) is 4.79 Å². The molecule has 0 heterocycles. The third kappa shape index (κ3) is 4.92. The second-order valence-corrected chi connectivity index (χ2v) is 8.89. The van der Waals surface area contributed by atoms with Crippen LogP contribution in [0.2, 0.25) is 0 Å². The van der Waals surface area contributed by atoms with Crippen molar-refractivity contribution in [2.75, 3.05) is 13.7 Å². The van der Waals surface area contributed by atoms with Gasteiger partial charge < -0.3 is 20.5 Å². The van der Waals surface area contributed by atoms with Gasteiger partial charge in [-0.1, -0.05) is 0 Å². The minimum Gasteiger partial charge on any atom is -0.493 e. The number of hydrogen-bond acceptors (Lipinski definition) is 4. The molecule has 0 unspecified atom stereocenters. The third-order valence-electron chi connectivity index (χ3n) is 6.86. The quantitative estimate of drug-likeness (QED) is 0.728. The summed E-state index contributed by atoms with van der Waals surface area (Å²) < 4.78 is 6.01. The Morgan fingerprint density at radius 2 is 1.83 bits per heavy atom. The molecule has 6 nitrogen and oxygen atoms in total. The molecule has 1 aromatic rings. The third-order valence-corrected chi connectivity index (χ3v) is 6.86. The van der Waals surface area contributed by atoms with Gasteiger partial charge in [0.2, 0.25) is 5.91 Å². The molecule has 0 bridgehead atoms. The maximum Gasteiger partial charge on any atom is 0.336 e. The zero-order valence-corrected chi connectivity index (χ0v) is 17.8. The van der Waals surface area contributed by atoms with Crippen molar-refractivity contribution in [2.45, 2.75) is 70.9 Å². The van der Waals surface area contributed by atoms with Crippen LogP contribution in [0.4, 0.5) is 0 Å². The van der Waals surface area contributed by atoms with Gasteiger partial charge in [-0.05, 0) is 88.3 Å². The molecule has 0 aliphatic heterocycles. The van der Waals surface area contributed by atoms with E-state index >= 15 is 0 Å². The van der Waals surface area contributed by atoms with Crippen molar-refractivity contribution in [3.63, 3.8) is 0 Å². The number of benzene rings is 1. The Morgan fingerprint density at radius 1 is 1.17 bits per heavy atom. The lowest BCUT2D eigenvalue weighted by Crippen LogP contribution is -2.52. The molecule has 29 heavy (non-hydrogen) atoms. The highest BCUT2D eigenvalue weighted by Gasteiger charge is 2.34. The van der Waals surface area contributed by atoms with Crippen LogP contribution >= 0.6 is 0 Å². The van der Waals surface area contributed by atoms with Crippen LogP contribution in [0.25, 0.3) is 0 Å². The van der Waals surface area contributed by atoms with Crippen molar-refractivity contribution < 1.29 is 19.4 Å². The average Bonchev–Trinajstić information content (AvgIpc) is 2.66. The molecule has 0 radical (unpaired) electrons. The van der Waals surface area contributed by atoms with Crippen molar-refractivity contribution in [1.29, 1.82) is 0 Å². The minimum absolute atomic E-state index is 0.0889. The van der Waals surface area contributed by atoms with Gasteiger partial charge in [-0.25, -0.2) is 4.79 Å². The summed E-state index contributed by atoms with van der Waals surface area (Å²) >= 11 is 0. The molecule has 2 aliphatic rings. The Bertz CT molecular complexity index is 751. The highest BCUT2D eigenvalue weighted by Crippen LogP contribution is 2.33. The topological polar surface area (TPSA) is 92.9 Å². The van der Waals surface area contributed by atoms with Crippen LogP contribution in [0.15, 0.2) is 12.1 Å². The number of ether oxygens (including phenoxy) is 1. The lowest BCUT2D eigenvalue weighted by Gasteiger charge is -2.38. The highest BCUT2D eigenvalue weighted by atomic mass is 16.5. The predicted octanol–water partition coefficient (Wildman–Crippen LogP) is 3.53. The van der Waals surface area contributed by atoms with Gasteiger partial charge in [0.15, 0.2) is 0 Å². The lowest BCUT2D eigenvalue weighted by molar-refractivity contribution is -0.136. The molecule has 3 N–H and O–H groups in total. The fourth-order valence-corrected chi connectivity index (χ4v) is 4.51. The molecule has 2 aliphatic carbocycles. The molecule has 2 fully saturated rings. The number of aromatic carboxylic acids is 1. The first kappa shape index (κ1) is 21.6. The van der Waals surface area contributed by atoms with E-state index in [9.17, 15) is 14.7 Å². The van der Waals surface area contributed by atoms with Crippen molar-refractivity contribution in [2.24, 2.45) is 17.6 Å². The second kappa shape index (κ2) is 9.16. The molecule has 2 saturated carbocycles. The molecule has 0 aromatic heterocycles. The van der Waals surface area contributed by atoms with Gasteiger partial charge in [0.05, 0.1) is 18.2 Å². The summed E-state index contributed by atoms with van der Waals surface area (Å²) in [5.74, 6) is 0.457. The molecule has 3 rings (SSSR count). The number of hydrogen-bond donors (Lipinski definition) is 2. The molecule has 160 valence electrons. The zero-order chi connectivity index (χ0) is 21.1. The Morgan fingerprint density at radius 3 is 2.38 bits per heavy atom. The van der Waals surface area contributed by atoms with E-state index in [1.165, 1.54) is 6.42 Å². The summed E-state index contributed by atoms with van der Waals surface area (Å²) in [5.41, 5.74) is 8.17. The number of carboxylic acids is 1. The van der Waals surface area contributed by atoms with Gasteiger partial charge in [0.25, 0.3) is 0 Å². The van der Waals surface area contributed by atoms with Crippen LogP contribution in [0.1, 0.15) is 66.4 Å². The fraction of sp³-hybridized carbons (Fsp3) is 0.652. The first-order chi connectivity index (χ1) is 13.8. The number of amides is 1. The van der Waals surface area contributed by atoms with Crippen molar-refractivity contribution in [3.05, 3.63) is 28.8 Å². The summed E-state index contributed by atoms with van der Waals surface area (Å²) in [6.07, 6.45) is 7.24. The molecule has 6 heteroatoms. The average molecular weight is 403 g/mol. The van der Waals surface area contributed by atoms with Gasteiger partial charge in [0.1, 0.15) is 5.75 Å². The largest absolute Gasteiger partial charge is 0.493 e. The van der Waals surface area contributed by atoms with E-state index in [0.29, 0.717) is 35.4 Å². The summed E-state index contributed by atoms with van der Waals surface area (Å²) in [6, 6.07) is 3.55. The first-order valence-electron chi connectivity index (χ1n) is 10.8. The normalized spacial score (nSPS) is 23.2. The summed E-state index contributed by atoms with van der Waals surface area (Å²) in [5, 5.41) is 9.35. The number of nitrogens with zero attached hydrogens (tertiary/aromatic N) is 1. The Kier molecular flexibility index (Phi) is 6.83. The molecule has 1 atom stereocenters. The van der Waals surface area contributed by atoms with Crippen LogP contribution in [0.5, 0.6) is 5.75 Å². The Hall–Kier alpha value is -2.08. The van der Waals surface area contributed by atoms with E-state index in [-0.39, 0.29) is 11.8 Å².